The van der Waals surface area contributed by atoms with Gasteiger partial charge in [-0.2, -0.15) is 0 Å². The Bertz CT molecular complexity index is 1130. The van der Waals surface area contributed by atoms with Crippen molar-refractivity contribution in [2.24, 2.45) is 0 Å². The zero-order valence-electron chi connectivity index (χ0n) is 17.5. The third-order valence-electron chi connectivity index (χ3n) is 5.82. The minimum absolute atomic E-state index is 0.158. The van der Waals surface area contributed by atoms with Crippen LogP contribution >= 0.6 is 22.9 Å². The summed E-state index contributed by atoms with van der Waals surface area (Å²) < 4.78 is 6.44. The van der Waals surface area contributed by atoms with E-state index in [2.05, 4.69) is 30.5 Å². The van der Waals surface area contributed by atoms with Crippen molar-refractivity contribution in [3.8, 4) is 16.6 Å². The van der Waals surface area contributed by atoms with Crippen LogP contribution in [0.4, 0.5) is 5.13 Å². The average molecular weight is 476 g/mol. The van der Waals surface area contributed by atoms with Crippen molar-refractivity contribution >= 4 is 34.0 Å². The monoisotopic (exact) mass is 475 g/mol. The van der Waals surface area contributed by atoms with Crippen molar-refractivity contribution in [2.75, 3.05) is 18.0 Å². The molecule has 0 bridgehead atoms. The molecule has 0 radical (unpaired) electrons. The molecule has 0 saturated carbocycles. The third kappa shape index (κ3) is 4.14. The van der Waals surface area contributed by atoms with Crippen LogP contribution in [0, 0.1) is 0 Å². The standard InChI is InChI=1S/C20H22ClN7O3S/c1-2-4-16(29)31-28-25-17(22-26-28)18-23-24-19(32-18)27-11-9-20(10-12-27)8-7-13-14(21)5-3-6-15(13)30-20/h3,5-6H,2,4,7-12H2,1H3. The van der Waals surface area contributed by atoms with Crippen LogP contribution in [0.5, 0.6) is 5.75 Å². The van der Waals surface area contributed by atoms with Gasteiger partial charge in [0.25, 0.3) is 0 Å². The number of aromatic nitrogens is 6. The summed E-state index contributed by atoms with van der Waals surface area (Å²) in [4.78, 5) is 19.6. The van der Waals surface area contributed by atoms with E-state index in [1.807, 2.05) is 25.1 Å². The second kappa shape index (κ2) is 8.62. The minimum atomic E-state index is -0.411. The molecule has 32 heavy (non-hydrogen) atoms. The Balaban J connectivity index is 1.22. The molecule has 2 aromatic heterocycles. The summed E-state index contributed by atoms with van der Waals surface area (Å²) in [6.45, 7) is 3.53. The van der Waals surface area contributed by atoms with Gasteiger partial charge in [-0.3, -0.25) is 0 Å². The number of piperidine rings is 1. The van der Waals surface area contributed by atoms with Crippen molar-refractivity contribution in [3.05, 3.63) is 28.8 Å². The van der Waals surface area contributed by atoms with E-state index in [4.69, 9.17) is 21.2 Å². The molecule has 0 N–H and O–H groups in total. The molecule has 4 heterocycles. The van der Waals surface area contributed by atoms with Crippen molar-refractivity contribution in [2.45, 2.75) is 51.0 Å². The molecule has 12 heteroatoms. The molecule has 2 aliphatic heterocycles. The van der Waals surface area contributed by atoms with Gasteiger partial charge in [0.05, 0.1) is 0 Å². The fraction of sp³-hybridized carbons (Fsp3) is 0.500. The summed E-state index contributed by atoms with van der Waals surface area (Å²) in [7, 11) is 0. The molecule has 10 nitrogen and oxygen atoms in total. The maximum atomic E-state index is 11.6. The summed E-state index contributed by atoms with van der Waals surface area (Å²) in [6.07, 6.45) is 4.66. The van der Waals surface area contributed by atoms with Gasteiger partial charge in [0.15, 0.2) is 5.01 Å². The number of fused-ring (bicyclic) bond motifs is 1. The predicted molar refractivity (Wildman–Crippen MR) is 118 cm³/mol. The quantitative estimate of drug-likeness (QED) is 0.514. The molecule has 0 atom stereocenters. The first-order valence-electron chi connectivity index (χ1n) is 10.6. The van der Waals surface area contributed by atoms with Gasteiger partial charge in [0.2, 0.25) is 11.0 Å². The normalized spacial score (nSPS) is 17.1. The van der Waals surface area contributed by atoms with E-state index in [-0.39, 0.29) is 11.4 Å². The van der Waals surface area contributed by atoms with E-state index in [1.54, 1.807) is 0 Å². The second-order valence-corrected chi connectivity index (χ2v) is 9.32. The fourth-order valence-corrected chi connectivity index (χ4v) is 5.15. The number of rotatable bonds is 5. The van der Waals surface area contributed by atoms with Gasteiger partial charge >= 0.3 is 5.97 Å². The first kappa shape index (κ1) is 21.1. The molecule has 5 rings (SSSR count). The van der Waals surface area contributed by atoms with Crippen LogP contribution in [0.3, 0.4) is 0 Å². The highest BCUT2D eigenvalue weighted by Gasteiger charge is 2.40. The molecule has 168 valence electrons. The molecule has 3 aromatic rings. The number of nitrogens with zero attached hydrogens (tertiary/aromatic N) is 7. The second-order valence-electron chi connectivity index (χ2n) is 7.96. The first-order chi connectivity index (χ1) is 15.5. The average Bonchev–Trinajstić information content (AvgIpc) is 3.44. The molecule has 2 aliphatic rings. The number of halogens is 1. The molecular weight excluding hydrogens is 454 g/mol. The Morgan fingerprint density at radius 3 is 2.91 bits per heavy atom. The van der Waals surface area contributed by atoms with E-state index >= 15 is 0 Å². The number of carbonyl (C=O) groups excluding carboxylic acids is 1. The van der Waals surface area contributed by atoms with E-state index in [0.29, 0.717) is 17.8 Å². The largest absolute Gasteiger partial charge is 0.487 e. The summed E-state index contributed by atoms with van der Waals surface area (Å²) in [6, 6.07) is 5.86. The van der Waals surface area contributed by atoms with Gasteiger partial charge in [0.1, 0.15) is 11.4 Å². The van der Waals surface area contributed by atoms with Crippen LogP contribution in [0.2, 0.25) is 5.02 Å². The van der Waals surface area contributed by atoms with Gasteiger partial charge in [0, 0.05) is 47.9 Å². The Morgan fingerprint density at radius 2 is 2.09 bits per heavy atom. The van der Waals surface area contributed by atoms with Crippen LogP contribution in [-0.4, -0.2) is 55.2 Å². The Hall–Kier alpha value is -2.79. The van der Waals surface area contributed by atoms with Gasteiger partial charge in [-0.25, -0.2) is 4.79 Å². The zero-order chi connectivity index (χ0) is 22.1. The predicted octanol–water partition coefficient (Wildman–Crippen LogP) is 2.96. The smallest absolute Gasteiger partial charge is 0.336 e. The lowest BCUT2D eigenvalue weighted by atomic mass is 9.83. The van der Waals surface area contributed by atoms with Crippen LogP contribution in [0.25, 0.3) is 10.8 Å². The topological polar surface area (TPSA) is 108 Å². The van der Waals surface area contributed by atoms with E-state index in [9.17, 15) is 4.79 Å². The minimum Gasteiger partial charge on any atom is -0.487 e. The van der Waals surface area contributed by atoms with E-state index < -0.39 is 5.97 Å². The lowest BCUT2D eigenvalue weighted by molar-refractivity contribution is -0.148. The summed E-state index contributed by atoms with van der Waals surface area (Å²) >= 11 is 7.71. The number of hydrogen-bond acceptors (Lipinski definition) is 10. The molecule has 1 fully saturated rings. The number of tetrazole rings is 1. The molecule has 1 aromatic carbocycles. The SMILES string of the molecule is CCCC(=O)On1nnc(-c2nnc(N3CCC4(CCc5c(Cl)cccc5O4)CC3)s2)n1. The highest BCUT2D eigenvalue weighted by atomic mass is 35.5. The lowest BCUT2D eigenvalue weighted by Gasteiger charge is -2.44. The summed E-state index contributed by atoms with van der Waals surface area (Å²) in [5.41, 5.74) is 0.950. The highest BCUT2D eigenvalue weighted by Crippen LogP contribution is 2.42. The Kier molecular flexibility index (Phi) is 5.68. The maximum Gasteiger partial charge on any atom is 0.336 e. The Morgan fingerprint density at radius 1 is 1.25 bits per heavy atom. The summed E-state index contributed by atoms with van der Waals surface area (Å²) in [5, 5.41) is 22.3. The van der Waals surface area contributed by atoms with Crippen LogP contribution in [0.15, 0.2) is 18.2 Å². The lowest BCUT2D eigenvalue weighted by Crippen LogP contribution is -2.49. The number of hydrogen-bond donors (Lipinski definition) is 0. The first-order valence-corrected chi connectivity index (χ1v) is 11.8. The van der Waals surface area contributed by atoms with Crippen molar-refractivity contribution in [3.63, 3.8) is 0 Å². The van der Waals surface area contributed by atoms with Crippen LogP contribution in [-0.2, 0) is 11.2 Å². The fourth-order valence-electron chi connectivity index (χ4n) is 4.07. The van der Waals surface area contributed by atoms with Crippen molar-refractivity contribution in [1.82, 2.24) is 30.6 Å². The van der Waals surface area contributed by atoms with Crippen molar-refractivity contribution in [1.29, 1.82) is 0 Å². The molecule has 1 spiro atoms. The molecule has 0 unspecified atom stereocenters. The van der Waals surface area contributed by atoms with Gasteiger partial charge in [-0.15, -0.1) is 15.3 Å². The Labute approximate surface area is 193 Å². The highest BCUT2D eigenvalue weighted by molar-refractivity contribution is 7.18. The van der Waals surface area contributed by atoms with Gasteiger partial charge < -0.3 is 14.5 Å². The van der Waals surface area contributed by atoms with Gasteiger partial charge in [-0.1, -0.05) is 41.0 Å². The van der Waals surface area contributed by atoms with Gasteiger partial charge in [-0.05, 0) is 36.6 Å². The number of benzene rings is 1. The summed E-state index contributed by atoms with van der Waals surface area (Å²) in [5.74, 6) is 0.770. The molecule has 0 aliphatic carbocycles. The molecular formula is C20H22ClN7O3S. The van der Waals surface area contributed by atoms with Crippen molar-refractivity contribution < 1.29 is 14.4 Å². The van der Waals surface area contributed by atoms with Crippen LogP contribution in [0.1, 0.15) is 44.6 Å². The zero-order valence-corrected chi connectivity index (χ0v) is 19.1. The number of ether oxygens (including phenoxy) is 1. The third-order valence-corrected chi connectivity index (χ3v) is 7.15. The molecule has 0 amide bonds. The van der Waals surface area contributed by atoms with Crippen LogP contribution < -0.4 is 14.5 Å². The number of anilines is 1. The van der Waals surface area contributed by atoms with E-state index in [1.165, 1.54) is 11.3 Å². The maximum absolute atomic E-state index is 11.6. The number of carbonyl (C=O) groups is 1. The molecule has 1 saturated heterocycles. The van der Waals surface area contributed by atoms with E-state index in [0.717, 1.165) is 65.2 Å².